The molecule has 6 heteroatoms. The Morgan fingerprint density at radius 3 is 2.50 bits per heavy atom. The molecule has 0 unspecified atom stereocenters. The van der Waals surface area contributed by atoms with Gasteiger partial charge < -0.3 is 10.1 Å². The second-order valence-electron chi connectivity index (χ2n) is 5.61. The van der Waals surface area contributed by atoms with Gasteiger partial charge in [-0.05, 0) is 36.2 Å². The third kappa shape index (κ3) is 6.76. The Labute approximate surface area is 153 Å². The van der Waals surface area contributed by atoms with Crippen LogP contribution in [0.3, 0.4) is 0 Å². The minimum Gasteiger partial charge on any atom is -0.494 e. The zero-order valence-electron chi connectivity index (χ0n) is 14.8. The molecule has 2 N–H and O–H groups in total. The van der Waals surface area contributed by atoms with E-state index in [9.17, 15) is 9.59 Å². The fourth-order valence-electron chi connectivity index (χ4n) is 2.06. The van der Waals surface area contributed by atoms with Gasteiger partial charge in [0, 0.05) is 5.56 Å². The molecule has 136 valence electrons. The van der Waals surface area contributed by atoms with Gasteiger partial charge in [-0.15, -0.1) is 0 Å². The maximum atomic E-state index is 12.0. The average Bonchev–Trinajstić information content (AvgIpc) is 2.68. The quantitative estimate of drug-likeness (QED) is 0.413. The summed E-state index contributed by atoms with van der Waals surface area (Å²) in [5, 5.41) is 6.40. The second kappa shape index (κ2) is 10.7. The van der Waals surface area contributed by atoms with E-state index in [0.29, 0.717) is 12.2 Å². The summed E-state index contributed by atoms with van der Waals surface area (Å²) in [5.41, 5.74) is 3.71. The molecular formula is C20H23N3O3. The topological polar surface area (TPSA) is 79.8 Å². The number of unbranched alkanes of at least 4 members (excludes halogenated alkanes) is 1. The molecule has 2 amide bonds. The first-order valence-corrected chi connectivity index (χ1v) is 8.57. The molecule has 0 aliphatic heterocycles. The molecule has 0 aliphatic carbocycles. The highest BCUT2D eigenvalue weighted by atomic mass is 16.5. The summed E-state index contributed by atoms with van der Waals surface area (Å²) >= 11 is 0. The highest BCUT2D eigenvalue weighted by molar-refractivity contribution is 5.96. The van der Waals surface area contributed by atoms with Crippen LogP contribution < -0.4 is 15.5 Å². The summed E-state index contributed by atoms with van der Waals surface area (Å²) in [5.74, 6) is 0.000314. The lowest BCUT2D eigenvalue weighted by atomic mass is 10.2. The monoisotopic (exact) mass is 353 g/mol. The highest BCUT2D eigenvalue weighted by Crippen LogP contribution is 2.12. The molecule has 26 heavy (non-hydrogen) atoms. The van der Waals surface area contributed by atoms with Crippen LogP contribution in [-0.4, -0.2) is 31.2 Å². The normalized spacial score (nSPS) is 10.5. The van der Waals surface area contributed by atoms with Gasteiger partial charge in [-0.3, -0.25) is 9.59 Å². The van der Waals surface area contributed by atoms with Gasteiger partial charge in [-0.25, -0.2) is 5.43 Å². The Bertz CT molecular complexity index is 728. The molecule has 0 aromatic heterocycles. The molecule has 0 spiro atoms. The van der Waals surface area contributed by atoms with Crippen molar-refractivity contribution in [2.24, 2.45) is 5.10 Å². The number of rotatable bonds is 9. The maximum Gasteiger partial charge on any atom is 0.259 e. The minimum absolute atomic E-state index is 0.153. The number of amides is 2. The van der Waals surface area contributed by atoms with Gasteiger partial charge in [0.25, 0.3) is 11.8 Å². The van der Waals surface area contributed by atoms with Crippen LogP contribution in [0, 0.1) is 0 Å². The largest absolute Gasteiger partial charge is 0.494 e. The molecule has 0 heterocycles. The standard InChI is InChI=1S/C20H23N3O3/c1-2-3-13-26-18-11-9-17(10-12-18)20(25)21-15-19(24)23-22-14-16-7-5-4-6-8-16/h4-12,14H,2-3,13,15H2,1H3,(H,21,25)(H,23,24)/b22-14+. The van der Waals surface area contributed by atoms with Crippen molar-refractivity contribution in [1.29, 1.82) is 0 Å². The van der Waals surface area contributed by atoms with Gasteiger partial charge >= 0.3 is 0 Å². The summed E-state index contributed by atoms with van der Waals surface area (Å²) in [6.07, 6.45) is 3.60. The molecule has 0 saturated heterocycles. The van der Waals surface area contributed by atoms with Crippen LogP contribution in [0.1, 0.15) is 35.7 Å². The van der Waals surface area contributed by atoms with E-state index in [1.54, 1.807) is 24.3 Å². The van der Waals surface area contributed by atoms with E-state index in [1.165, 1.54) is 6.21 Å². The Morgan fingerprint density at radius 2 is 1.81 bits per heavy atom. The minimum atomic E-state index is -0.398. The average molecular weight is 353 g/mol. The van der Waals surface area contributed by atoms with Crippen LogP contribution >= 0.6 is 0 Å². The van der Waals surface area contributed by atoms with E-state index < -0.39 is 5.91 Å². The second-order valence-corrected chi connectivity index (χ2v) is 5.61. The van der Waals surface area contributed by atoms with E-state index in [2.05, 4.69) is 22.8 Å². The number of nitrogens with one attached hydrogen (secondary N) is 2. The van der Waals surface area contributed by atoms with Crippen molar-refractivity contribution < 1.29 is 14.3 Å². The molecule has 2 aromatic carbocycles. The van der Waals surface area contributed by atoms with E-state index >= 15 is 0 Å². The van der Waals surface area contributed by atoms with Crippen LogP contribution in [-0.2, 0) is 4.79 Å². The predicted octanol–water partition coefficient (Wildman–Crippen LogP) is 2.75. The lowest BCUT2D eigenvalue weighted by Crippen LogP contribution is -2.34. The summed E-state index contributed by atoms with van der Waals surface area (Å²) < 4.78 is 5.55. The summed E-state index contributed by atoms with van der Waals surface area (Å²) in [6.45, 7) is 2.60. The maximum absolute atomic E-state index is 12.0. The van der Waals surface area contributed by atoms with Crippen molar-refractivity contribution in [3.05, 3.63) is 65.7 Å². The molecule has 0 atom stereocenters. The molecule has 0 fully saturated rings. The number of benzene rings is 2. The number of carbonyl (C=O) groups is 2. The lowest BCUT2D eigenvalue weighted by Gasteiger charge is -2.07. The van der Waals surface area contributed by atoms with Crippen molar-refractivity contribution in [3.8, 4) is 5.75 Å². The van der Waals surface area contributed by atoms with Crippen molar-refractivity contribution in [2.45, 2.75) is 19.8 Å². The van der Waals surface area contributed by atoms with Crippen LogP contribution in [0.15, 0.2) is 59.7 Å². The van der Waals surface area contributed by atoms with Gasteiger partial charge in [0.1, 0.15) is 5.75 Å². The number of hydrazone groups is 1. The van der Waals surface area contributed by atoms with Crippen molar-refractivity contribution >= 4 is 18.0 Å². The van der Waals surface area contributed by atoms with Crippen LogP contribution in [0.5, 0.6) is 5.75 Å². The van der Waals surface area contributed by atoms with Crippen LogP contribution in [0.2, 0.25) is 0 Å². The Balaban J connectivity index is 1.73. The van der Waals surface area contributed by atoms with Gasteiger partial charge in [0.15, 0.2) is 0 Å². The van der Waals surface area contributed by atoms with Gasteiger partial charge in [-0.2, -0.15) is 5.10 Å². The smallest absolute Gasteiger partial charge is 0.259 e. The van der Waals surface area contributed by atoms with Crippen molar-refractivity contribution in [3.63, 3.8) is 0 Å². The zero-order chi connectivity index (χ0) is 18.6. The lowest BCUT2D eigenvalue weighted by molar-refractivity contribution is -0.120. The molecule has 0 radical (unpaired) electrons. The van der Waals surface area contributed by atoms with Crippen LogP contribution in [0.4, 0.5) is 0 Å². The number of hydrogen-bond acceptors (Lipinski definition) is 4. The zero-order valence-corrected chi connectivity index (χ0v) is 14.8. The number of carbonyl (C=O) groups excluding carboxylic acids is 2. The molecular weight excluding hydrogens is 330 g/mol. The first-order chi connectivity index (χ1) is 12.7. The fraction of sp³-hybridized carbons (Fsp3) is 0.250. The number of nitrogens with zero attached hydrogens (tertiary/aromatic N) is 1. The van der Waals surface area contributed by atoms with Gasteiger partial charge in [0.05, 0.1) is 19.4 Å². The summed E-state index contributed by atoms with van der Waals surface area (Å²) in [6, 6.07) is 16.2. The summed E-state index contributed by atoms with van der Waals surface area (Å²) in [4.78, 5) is 23.8. The molecule has 6 nitrogen and oxygen atoms in total. The Kier molecular flexibility index (Phi) is 7.86. The predicted molar refractivity (Wildman–Crippen MR) is 101 cm³/mol. The molecule has 2 rings (SSSR count). The van der Waals surface area contributed by atoms with E-state index in [0.717, 1.165) is 24.2 Å². The SMILES string of the molecule is CCCCOc1ccc(C(=O)NCC(=O)N/N=C/c2ccccc2)cc1. The van der Waals surface area contributed by atoms with Crippen molar-refractivity contribution in [1.82, 2.24) is 10.7 Å². The van der Waals surface area contributed by atoms with E-state index in [4.69, 9.17) is 4.74 Å². The first-order valence-electron chi connectivity index (χ1n) is 8.57. The molecule has 2 aromatic rings. The van der Waals surface area contributed by atoms with Gasteiger partial charge in [-0.1, -0.05) is 43.7 Å². The van der Waals surface area contributed by atoms with Crippen molar-refractivity contribution in [2.75, 3.05) is 13.2 Å². The fourth-order valence-corrected chi connectivity index (χ4v) is 2.06. The molecule has 0 bridgehead atoms. The molecule has 0 saturated carbocycles. The number of hydrogen-bond donors (Lipinski definition) is 2. The van der Waals surface area contributed by atoms with Gasteiger partial charge in [0.2, 0.25) is 0 Å². The first kappa shape index (κ1) is 19.2. The highest BCUT2D eigenvalue weighted by Gasteiger charge is 2.07. The molecule has 0 aliphatic rings. The summed E-state index contributed by atoms with van der Waals surface area (Å²) in [7, 11) is 0. The third-order valence-corrected chi connectivity index (χ3v) is 3.50. The Morgan fingerprint density at radius 1 is 1.08 bits per heavy atom. The Hall–Kier alpha value is -3.15. The number of ether oxygens (including phenoxy) is 1. The third-order valence-electron chi connectivity index (χ3n) is 3.50. The van der Waals surface area contributed by atoms with Crippen LogP contribution in [0.25, 0.3) is 0 Å². The van der Waals surface area contributed by atoms with E-state index in [1.807, 2.05) is 30.3 Å². The van der Waals surface area contributed by atoms with E-state index in [-0.39, 0.29) is 12.5 Å².